The first kappa shape index (κ1) is 18.4. The number of esters is 1. The van der Waals surface area contributed by atoms with Crippen LogP contribution in [0.2, 0.25) is 0 Å². The minimum atomic E-state index is -0.356. The summed E-state index contributed by atoms with van der Waals surface area (Å²) >= 11 is 1.44. The quantitative estimate of drug-likeness (QED) is 0.749. The number of benzene rings is 1. The van der Waals surface area contributed by atoms with Crippen LogP contribution in [-0.2, 0) is 20.9 Å². The van der Waals surface area contributed by atoms with Gasteiger partial charge in [-0.25, -0.2) is 0 Å². The van der Waals surface area contributed by atoms with Crippen molar-refractivity contribution >= 4 is 33.4 Å². The highest BCUT2D eigenvalue weighted by molar-refractivity contribution is 7.16. The van der Waals surface area contributed by atoms with Gasteiger partial charge < -0.3 is 9.30 Å². The highest BCUT2D eigenvalue weighted by Crippen LogP contribution is 2.23. The van der Waals surface area contributed by atoms with E-state index in [0.29, 0.717) is 17.1 Å². The van der Waals surface area contributed by atoms with Crippen LogP contribution in [0.3, 0.4) is 0 Å². The molecule has 0 N–H and O–H groups in total. The monoisotopic (exact) mass is 348 g/mol. The normalized spacial score (nSPS) is 12.1. The third kappa shape index (κ3) is 4.32. The summed E-state index contributed by atoms with van der Waals surface area (Å²) in [6.07, 6.45) is 2.20. The summed E-state index contributed by atoms with van der Waals surface area (Å²) in [6, 6.07) is 6.14. The molecule has 0 saturated carbocycles. The van der Waals surface area contributed by atoms with E-state index in [2.05, 4.69) is 31.0 Å². The molecular weight excluding hydrogens is 324 g/mol. The second-order valence-corrected chi connectivity index (χ2v) is 7.05. The second kappa shape index (κ2) is 8.24. The van der Waals surface area contributed by atoms with Crippen LogP contribution in [0.4, 0.5) is 0 Å². The summed E-state index contributed by atoms with van der Waals surface area (Å²) in [7, 11) is 1.36. The number of ether oxygens (including phenoxy) is 1. The van der Waals surface area contributed by atoms with Crippen LogP contribution >= 0.6 is 11.3 Å². The van der Waals surface area contributed by atoms with Crippen molar-refractivity contribution < 1.29 is 14.3 Å². The number of carbonyl (C=O) groups excluding carboxylic acids is 2. The number of methoxy groups -OCH3 is 1. The number of fused-ring (bicyclic) bond motifs is 1. The zero-order valence-electron chi connectivity index (χ0n) is 14.7. The molecule has 0 aliphatic carbocycles. The first-order chi connectivity index (χ1) is 11.5. The summed E-state index contributed by atoms with van der Waals surface area (Å²) in [6.45, 7) is 6.36. The number of thiazole rings is 1. The molecule has 5 nitrogen and oxygen atoms in total. The van der Waals surface area contributed by atoms with Gasteiger partial charge in [0.25, 0.3) is 0 Å². The Labute approximate surface area is 146 Å². The number of unbranched alkanes of at least 4 members (excludes halogenated alkanes) is 1. The zero-order valence-corrected chi connectivity index (χ0v) is 15.5. The van der Waals surface area contributed by atoms with Crippen molar-refractivity contribution in [2.75, 3.05) is 7.11 Å². The predicted octanol–water partition coefficient (Wildman–Crippen LogP) is 3.62. The molecule has 0 aliphatic heterocycles. The minimum Gasteiger partial charge on any atom is -0.468 e. The lowest BCUT2D eigenvalue weighted by atomic mass is 10.0. The van der Waals surface area contributed by atoms with Crippen LogP contribution in [0.15, 0.2) is 23.2 Å². The molecule has 24 heavy (non-hydrogen) atoms. The Kier molecular flexibility index (Phi) is 6.31. The van der Waals surface area contributed by atoms with E-state index >= 15 is 0 Å². The molecule has 0 spiro atoms. The van der Waals surface area contributed by atoms with Crippen LogP contribution in [-0.4, -0.2) is 23.6 Å². The number of aromatic nitrogens is 1. The van der Waals surface area contributed by atoms with E-state index in [1.165, 1.54) is 24.0 Å². The second-order valence-electron chi connectivity index (χ2n) is 6.04. The lowest BCUT2D eigenvalue weighted by Crippen LogP contribution is -2.22. The number of hydrogen-bond donors (Lipinski definition) is 0. The molecule has 0 bridgehead atoms. The fraction of sp³-hybridized carbons (Fsp3) is 0.500. The maximum absolute atomic E-state index is 12.0. The average molecular weight is 348 g/mol. The van der Waals surface area contributed by atoms with Gasteiger partial charge in [-0.15, -0.1) is 0 Å². The number of nitrogens with zero attached hydrogens (tertiary/aromatic N) is 2. The molecule has 0 radical (unpaired) electrons. The van der Waals surface area contributed by atoms with Gasteiger partial charge in [0.05, 0.1) is 17.3 Å². The van der Waals surface area contributed by atoms with Gasteiger partial charge in [0.15, 0.2) is 4.80 Å². The van der Waals surface area contributed by atoms with Gasteiger partial charge in [-0.3, -0.25) is 9.59 Å². The Bertz CT molecular complexity index is 802. The largest absolute Gasteiger partial charge is 0.468 e. The third-order valence-electron chi connectivity index (χ3n) is 3.85. The van der Waals surface area contributed by atoms with E-state index in [0.717, 1.165) is 23.1 Å². The van der Waals surface area contributed by atoms with E-state index in [-0.39, 0.29) is 18.4 Å². The van der Waals surface area contributed by atoms with Gasteiger partial charge in [0.1, 0.15) is 6.54 Å². The highest BCUT2D eigenvalue weighted by atomic mass is 32.1. The van der Waals surface area contributed by atoms with Gasteiger partial charge in [0, 0.05) is 6.42 Å². The standard InChI is InChI=1S/C18H24N2O3S/c1-5-6-7-16(21)19-18-20(11-17(22)23-4)14-9-8-13(12(2)3)10-15(14)24-18/h8-10,12H,5-7,11H2,1-4H3. The van der Waals surface area contributed by atoms with Gasteiger partial charge in [-0.1, -0.05) is 44.6 Å². The van der Waals surface area contributed by atoms with Crippen LogP contribution in [0, 0.1) is 0 Å². The Balaban J connectivity index is 2.54. The van der Waals surface area contributed by atoms with Gasteiger partial charge >= 0.3 is 5.97 Å². The molecule has 2 aromatic rings. The maximum atomic E-state index is 12.0. The van der Waals surface area contributed by atoms with Crippen molar-refractivity contribution in [3.05, 3.63) is 28.6 Å². The van der Waals surface area contributed by atoms with E-state index in [4.69, 9.17) is 4.74 Å². The molecule has 0 fully saturated rings. The highest BCUT2D eigenvalue weighted by Gasteiger charge is 2.13. The lowest BCUT2D eigenvalue weighted by Gasteiger charge is -2.06. The molecular formula is C18H24N2O3S. The average Bonchev–Trinajstić information content (AvgIpc) is 2.89. The van der Waals surface area contributed by atoms with Gasteiger partial charge in [-0.05, 0) is 30.0 Å². The molecule has 0 atom stereocenters. The third-order valence-corrected chi connectivity index (χ3v) is 4.89. The molecule has 0 unspecified atom stereocenters. The maximum Gasteiger partial charge on any atom is 0.325 e. The van der Waals surface area contributed by atoms with Crippen molar-refractivity contribution in [2.24, 2.45) is 4.99 Å². The topological polar surface area (TPSA) is 60.7 Å². The van der Waals surface area contributed by atoms with E-state index < -0.39 is 0 Å². The lowest BCUT2D eigenvalue weighted by molar-refractivity contribution is -0.141. The first-order valence-corrected chi connectivity index (χ1v) is 9.05. The SMILES string of the molecule is CCCCC(=O)N=c1sc2cc(C(C)C)ccc2n1CC(=O)OC. The van der Waals surface area contributed by atoms with Crippen LogP contribution < -0.4 is 4.80 Å². The first-order valence-electron chi connectivity index (χ1n) is 8.24. The molecule has 0 saturated heterocycles. The van der Waals surface area contributed by atoms with E-state index in [1.54, 1.807) is 4.57 Å². The molecule has 2 rings (SSSR count). The minimum absolute atomic E-state index is 0.0530. The summed E-state index contributed by atoms with van der Waals surface area (Å²) in [5.41, 5.74) is 2.12. The summed E-state index contributed by atoms with van der Waals surface area (Å²) < 4.78 is 7.56. The predicted molar refractivity (Wildman–Crippen MR) is 96.0 cm³/mol. The Morgan fingerprint density at radius 3 is 2.71 bits per heavy atom. The number of carbonyl (C=O) groups is 2. The molecule has 6 heteroatoms. The molecule has 1 heterocycles. The number of hydrogen-bond acceptors (Lipinski definition) is 4. The van der Waals surface area contributed by atoms with Crippen molar-refractivity contribution in [3.8, 4) is 0 Å². The van der Waals surface area contributed by atoms with Crippen molar-refractivity contribution in [2.45, 2.75) is 52.5 Å². The van der Waals surface area contributed by atoms with E-state index in [9.17, 15) is 9.59 Å². The van der Waals surface area contributed by atoms with E-state index in [1.807, 2.05) is 13.0 Å². The fourth-order valence-electron chi connectivity index (χ4n) is 2.37. The van der Waals surface area contributed by atoms with Crippen molar-refractivity contribution in [1.82, 2.24) is 4.57 Å². The van der Waals surface area contributed by atoms with Crippen LogP contribution in [0.1, 0.15) is 51.5 Å². The van der Waals surface area contributed by atoms with Crippen molar-refractivity contribution in [1.29, 1.82) is 0 Å². The summed E-state index contributed by atoms with van der Waals surface area (Å²) in [5.74, 6) is -0.0895. The molecule has 1 aromatic heterocycles. The Hall–Kier alpha value is -1.95. The summed E-state index contributed by atoms with van der Waals surface area (Å²) in [5, 5.41) is 0. The summed E-state index contributed by atoms with van der Waals surface area (Å²) in [4.78, 5) is 28.6. The molecule has 1 aromatic carbocycles. The van der Waals surface area contributed by atoms with Crippen LogP contribution in [0.25, 0.3) is 10.2 Å². The smallest absolute Gasteiger partial charge is 0.325 e. The zero-order chi connectivity index (χ0) is 17.7. The van der Waals surface area contributed by atoms with Gasteiger partial charge in [0.2, 0.25) is 5.91 Å². The molecule has 0 aliphatic rings. The Morgan fingerprint density at radius 1 is 1.33 bits per heavy atom. The number of amides is 1. The number of rotatable bonds is 6. The van der Waals surface area contributed by atoms with Crippen molar-refractivity contribution in [3.63, 3.8) is 0 Å². The van der Waals surface area contributed by atoms with Crippen LogP contribution in [0.5, 0.6) is 0 Å². The Morgan fingerprint density at radius 2 is 2.08 bits per heavy atom. The fourth-order valence-corrected chi connectivity index (χ4v) is 3.47. The van der Waals surface area contributed by atoms with Gasteiger partial charge in [-0.2, -0.15) is 4.99 Å². The molecule has 130 valence electrons. The molecule has 1 amide bonds.